The van der Waals surface area contributed by atoms with Gasteiger partial charge in [0.1, 0.15) is 0 Å². The summed E-state index contributed by atoms with van der Waals surface area (Å²) in [5.41, 5.74) is 2.11. The molecular formula is C17H12Cl2N2O3. The second-order valence-electron chi connectivity index (χ2n) is 5.03. The molecule has 0 aliphatic carbocycles. The summed E-state index contributed by atoms with van der Waals surface area (Å²) in [4.78, 5) is 16.3. The largest absolute Gasteiger partial charge is 0.452 e. The molecule has 2 aromatic carbocycles. The summed E-state index contributed by atoms with van der Waals surface area (Å²) in [6.07, 6.45) is 0. The van der Waals surface area contributed by atoms with Gasteiger partial charge in [-0.3, -0.25) is 0 Å². The first-order valence-electron chi connectivity index (χ1n) is 7.05. The normalized spacial score (nSPS) is 10.6. The molecule has 0 saturated carbocycles. The van der Waals surface area contributed by atoms with Crippen LogP contribution < -0.4 is 0 Å². The van der Waals surface area contributed by atoms with Crippen molar-refractivity contribution in [3.63, 3.8) is 0 Å². The van der Waals surface area contributed by atoms with Gasteiger partial charge in [-0.1, -0.05) is 52.6 Å². The number of hydrogen-bond acceptors (Lipinski definition) is 5. The monoisotopic (exact) mass is 362 g/mol. The van der Waals surface area contributed by atoms with Crippen LogP contribution in [0.5, 0.6) is 0 Å². The van der Waals surface area contributed by atoms with E-state index in [1.165, 1.54) is 12.1 Å². The maximum atomic E-state index is 12.0. The van der Waals surface area contributed by atoms with Gasteiger partial charge in [0.15, 0.2) is 6.61 Å². The fourth-order valence-corrected chi connectivity index (χ4v) is 2.59. The fourth-order valence-electron chi connectivity index (χ4n) is 2.11. The standard InChI is InChI=1S/C17H12Cl2N2O3/c1-10-4-2-3-5-12(10)16-20-15(24-21-16)9-23-17(22)13-7-6-11(18)8-14(13)19/h2-8H,9H2,1H3. The Labute approximate surface area is 148 Å². The third-order valence-corrected chi connectivity index (χ3v) is 3.88. The van der Waals surface area contributed by atoms with Crippen LogP contribution >= 0.6 is 23.2 Å². The first kappa shape index (κ1) is 16.5. The van der Waals surface area contributed by atoms with Crippen LogP contribution in [0.15, 0.2) is 47.0 Å². The average Bonchev–Trinajstić information content (AvgIpc) is 3.02. The smallest absolute Gasteiger partial charge is 0.340 e. The lowest BCUT2D eigenvalue weighted by molar-refractivity contribution is 0.0430. The van der Waals surface area contributed by atoms with Gasteiger partial charge in [0.2, 0.25) is 5.82 Å². The molecule has 122 valence electrons. The second-order valence-corrected chi connectivity index (χ2v) is 5.87. The van der Waals surface area contributed by atoms with E-state index in [0.29, 0.717) is 10.8 Å². The topological polar surface area (TPSA) is 65.2 Å². The maximum Gasteiger partial charge on any atom is 0.340 e. The molecule has 0 aliphatic rings. The van der Waals surface area contributed by atoms with E-state index in [2.05, 4.69) is 10.1 Å². The van der Waals surface area contributed by atoms with Crippen LogP contribution in [0.2, 0.25) is 10.0 Å². The van der Waals surface area contributed by atoms with Gasteiger partial charge in [-0.2, -0.15) is 4.98 Å². The van der Waals surface area contributed by atoms with Crippen LogP contribution in [-0.4, -0.2) is 16.1 Å². The van der Waals surface area contributed by atoms with Gasteiger partial charge in [0, 0.05) is 10.6 Å². The van der Waals surface area contributed by atoms with Crippen molar-refractivity contribution in [2.24, 2.45) is 0 Å². The Morgan fingerprint density at radius 2 is 2.00 bits per heavy atom. The Morgan fingerprint density at radius 3 is 2.75 bits per heavy atom. The van der Waals surface area contributed by atoms with Crippen molar-refractivity contribution in [1.29, 1.82) is 0 Å². The third-order valence-electron chi connectivity index (χ3n) is 3.33. The summed E-state index contributed by atoms with van der Waals surface area (Å²) >= 11 is 11.8. The fraction of sp³-hybridized carbons (Fsp3) is 0.118. The summed E-state index contributed by atoms with van der Waals surface area (Å²) in [5.74, 6) is 0.0580. The molecule has 1 heterocycles. The van der Waals surface area contributed by atoms with Crippen molar-refractivity contribution in [3.05, 3.63) is 69.5 Å². The van der Waals surface area contributed by atoms with Crippen LogP contribution in [0.4, 0.5) is 0 Å². The van der Waals surface area contributed by atoms with Crippen LogP contribution in [0.3, 0.4) is 0 Å². The Kier molecular flexibility index (Phi) is 4.83. The lowest BCUT2D eigenvalue weighted by Gasteiger charge is -2.04. The number of esters is 1. The molecule has 1 aromatic heterocycles. The van der Waals surface area contributed by atoms with Crippen LogP contribution in [0.25, 0.3) is 11.4 Å². The Morgan fingerprint density at radius 1 is 1.21 bits per heavy atom. The van der Waals surface area contributed by atoms with Gasteiger partial charge in [-0.05, 0) is 30.7 Å². The Hall–Kier alpha value is -2.37. The van der Waals surface area contributed by atoms with Crippen LogP contribution in [-0.2, 0) is 11.3 Å². The predicted molar refractivity (Wildman–Crippen MR) is 90.1 cm³/mol. The molecular weight excluding hydrogens is 351 g/mol. The molecule has 0 radical (unpaired) electrons. The van der Waals surface area contributed by atoms with Gasteiger partial charge in [-0.25, -0.2) is 4.79 Å². The lowest BCUT2D eigenvalue weighted by Crippen LogP contribution is -2.06. The molecule has 24 heavy (non-hydrogen) atoms. The molecule has 0 N–H and O–H groups in total. The maximum absolute atomic E-state index is 12.0. The minimum Gasteiger partial charge on any atom is -0.452 e. The molecule has 0 atom stereocenters. The third kappa shape index (κ3) is 3.58. The molecule has 3 aromatic rings. The molecule has 0 amide bonds. The number of aryl methyl sites for hydroxylation is 1. The molecule has 0 aliphatic heterocycles. The summed E-state index contributed by atoms with van der Waals surface area (Å²) < 4.78 is 10.3. The predicted octanol–water partition coefficient (Wildman–Crippen LogP) is 4.71. The number of ether oxygens (including phenoxy) is 1. The highest BCUT2D eigenvalue weighted by Crippen LogP contribution is 2.23. The zero-order chi connectivity index (χ0) is 17.1. The van der Waals surface area contributed by atoms with E-state index in [-0.39, 0.29) is 23.1 Å². The lowest BCUT2D eigenvalue weighted by atomic mass is 10.1. The summed E-state index contributed by atoms with van der Waals surface area (Å²) in [6.45, 7) is 1.81. The number of carbonyl (C=O) groups is 1. The van der Waals surface area contributed by atoms with Gasteiger partial charge >= 0.3 is 5.97 Å². The number of hydrogen-bond donors (Lipinski definition) is 0. The van der Waals surface area contributed by atoms with Gasteiger partial charge in [-0.15, -0.1) is 0 Å². The van der Waals surface area contributed by atoms with Crippen LogP contribution in [0.1, 0.15) is 21.8 Å². The van der Waals surface area contributed by atoms with Crippen molar-refractivity contribution in [2.75, 3.05) is 0 Å². The minimum absolute atomic E-state index is 0.142. The average molecular weight is 363 g/mol. The highest BCUT2D eigenvalue weighted by Gasteiger charge is 2.15. The number of halogens is 2. The Balaban J connectivity index is 1.69. The number of nitrogens with zero attached hydrogens (tertiary/aromatic N) is 2. The first-order valence-corrected chi connectivity index (χ1v) is 7.81. The summed E-state index contributed by atoms with van der Waals surface area (Å²) in [7, 11) is 0. The van der Waals surface area contributed by atoms with E-state index in [0.717, 1.165) is 11.1 Å². The molecule has 0 unspecified atom stereocenters. The highest BCUT2D eigenvalue weighted by molar-refractivity contribution is 6.36. The van der Waals surface area contributed by atoms with E-state index >= 15 is 0 Å². The van der Waals surface area contributed by atoms with Crippen LogP contribution in [0, 0.1) is 6.92 Å². The number of carbonyl (C=O) groups excluding carboxylic acids is 1. The minimum atomic E-state index is -0.590. The quantitative estimate of drug-likeness (QED) is 0.628. The van der Waals surface area contributed by atoms with Gasteiger partial charge < -0.3 is 9.26 Å². The van der Waals surface area contributed by atoms with Crippen molar-refractivity contribution >= 4 is 29.2 Å². The van der Waals surface area contributed by atoms with E-state index in [1.807, 2.05) is 31.2 Å². The summed E-state index contributed by atoms with van der Waals surface area (Å²) in [5, 5.41) is 4.57. The molecule has 7 heteroatoms. The zero-order valence-corrected chi connectivity index (χ0v) is 14.1. The number of aromatic nitrogens is 2. The SMILES string of the molecule is Cc1ccccc1-c1noc(COC(=O)c2ccc(Cl)cc2Cl)n1. The molecule has 0 fully saturated rings. The van der Waals surface area contributed by atoms with Crippen molar-refractivity contribution in [1.82, 2.24) is 10.1 Å². The molecule has 5 nitrogen and oxygen atoms in total. The second kappa shape index (κ2) is 7.03. The van der Waals surface area contributed by atoms with Gasteiger partial charge in [0.05, 0.1) is 10.6 Å². The van der Waals surface area contributed by atoms with E-state index < -0.39 is 5.97 Å². The Bertz CT molecular complexity index is 893. The molecule has 0 saturated heterocycles. The van der Waals surface area contributed by atoms with Crippen molar-refractivity contribution < 1.29 is 14.1 Å². The molecule has 3 rings (SSSR count). The van der Waals surface area contributed by atoms with Crippen molar-refractivity contribution in [2.45, 2.75) is 13.5 Å². The highest BCUT2D eigenvalue weighted by atomic mass is 35.5. The molecule has 0 spiro atoms. The van der Waals surface area contributed by atoms with E-state index in [9.17, 15) is 4.79 Å². The number of rotatable bonds is 4. The van der Waals surface area contributed by atoms with Crippen molar-refractivity contribution in [3.8, 4) is 11.4 Å². The van der Waals surface area contributed by atoms with Gasteiger partial charge in [0.25, 0.3) is 5.89 Å². The zero-order valence-electron chi connectivity index (χ0n) is 12.6. The summed E-state index contributed by atoms with van der Waals surface area (Å²) in [6, 6.07) is 12.2. The molecule has 0 bridgehead atoms. The van der Waals surface area contributed by atoms with E-state index in [1.54, 1.807) is 6.07 Å². The van der Waals surface area contributed by atoms with E-state index in [4.69, 9.17) is 32.5 Å². The number of benzene rings is 2. The first-order chi connectivity index (χ1) is 11.5.